The van der Waals surface area contributed by atoms with Crippen LogP contribution in [0.15, 0.2) is 65.8 Å². The molecule has 0 aliphatic carbocycles. The molecule has 0 spiro atoms. The van der Waals surface area contributed by atoms with Crippen molar-refractivity contribution >= 4 is 49.7 Å². The molecule has 380 valence electrons. The van der Waals surface area contributed by atoms with Crippen LogP contribution in [0.2, 0.25) is 60.9 Å². The number of amides is 1. The molecule has 2 fully saturated rings. The summed E-state index contributed by atoms with van der Waals surface area (Å²) in [6.45, 7) is 43.8. The van der Waals surface area contributed by atoms with E-state index in [0.29, 0.717) is 0 Å². The Labute approximate surface area is 413 Å². The molecule has 2 heterocycles. The predicted octanol–water partition coefficient (Wildman–Crippen LogP) is 11.1. The Bertz CT molecular complexity index is 2090. The van der Waals surface area contributed by atoms with E-state index in [1.165, 1.54) is 0 Å². The molecule has 13 nitrogen and oxygen atoms in total. The van der Waals surface area contributed by atoms with E-state index in [1.54, 1.807) is 4.90 Å². The summed E-state index contributed by atoms with van der Waals surface area (Å²) in [4.78, 5) is 18.8. The van der Waals surface area contributed by atoms with Crippen molar-refractivity contribution in [2.75, 3.05) is 13.2 Å². The quantitative estimate of drug-likeness (QED) is 0.0640. The number of hydrogen-bond acceptors (Lipinski definition) is 10. The van der Waals surface area contributed by atoms with E-state index in [9.17, 15) is 15.4 Å². The van der Waals surface area contributed by atoms with Gasteiger partial charge in [-0.15, -0.1) is 0 Å². The van der Waals surface area contributed by atoms with E-state index in [0.717, 1.165) is 10.4 Å². The summed E-state index contributed by atoms with van der Waals surface area (Å²) in [6.07, 6.45) is -3.89. The lowest BCUT2D eigenvalue weighted by molar-refractivity contribution is -0.279. The van der Waals surface area contributed by atoms with Crippen LogP contribution in [0.3, 0.4) is 0 Å². The van der Waals surface area contributed by atoms with Gasteiger partial charge in [0.1, 0.15) is 23.5 Å². The highest BCUT2D eigenvalue weighted by Gasteiger charge is 2.60. The van der Waals surface area contributed by atoms with Gasteiger partial charge in [0.2, 0.25) is 5.79 Å². The van der Waals surface area contributed by atoms with Crippen molar-refractivity contribution in [3.63, 3.8) is 0 Å². The summed E-state index contributed by atoms with van der Waals surface area (Å²) < 4.78 is 48.3. The molecule has 1 amide bonds. The molecule has 0 aromatic heterocycles. The number of carbonyl (C=O) groups excluding carboxylic acids is 1. The zero-order chi connectivity index (χ0) is 51.7. The molecule has 7 atom stereocenters. The maximum Gasteiger partial charge on any atom is 0.412 e. The molecule has 4 rings (SSSR count). The second-order valence-corrected chi connectivity index (χ2v) is 43.4. The first kappa shape index (κ1) is 57.7. The van der Waals surface area contributed by atoms with Crippen molar-refractivity contribution < 1.29 is 41.8 Å². The van der Waals surface area contributed by atoms with Gasteiger partial charge in [-0.2, -0.15) is 0 Å². The SMILES string of the molecule is CC(C)(C)OC(=O)N1[C@@H]([C@@H](CC#C[C@]2(O)O[C@H](CO[Si](c3ccccc3)(c3ccccc3)C(C)(C)C)[C@H](O[Si](C)(C)C(C)(C)C)[C@H](O[Si](C)(C)C(C)(C)C)[C@H]2N=[N+]=[N-])O[Si](C)(C)C)COC1(C)C. The first-order valence-corrected chi connectivity index (χ1v) is 35.3. The highest BCUT2D eigenvalue weighted by molar-refractivity contribution is 6.99. The highest BCUT2D eigenvalue weighted by Crippen LogP contribution is 2.46. The Morgan fingerprint density at radius 2 is 1.31 bits per heavy atom. The van der Waals surface area contributed by atoms with Crippen LogP contribution in [0, 0.1) is 11.8 Å². The average Bonchev–Trinajstić information content (AvgIpc) is 3.50. The minimum Gasteiger partial charge on any atom is -0.444 e. The molecule has 17 heteroatoms. The maximum atomic E-state index is 13.9. The fourth-order valence-electron chi connectivity index (χ4n) is 8.45. The third-order valence-corrected chi connectivity index (χ3v) is 28.8. The van der Waals surface area contributed by atoms with E-state index in [4.69, 9.17) is 31.9 Å². The summed E-state index contributed by atoms with van der Waals surface area (Å²) in [5.41, 5.74) is 8.61. The van der Waals surface area contributed by atoms with Crippen LogP contribution in [-0.4, -0.2) is 116 Å². The molecule has 2 aromatic rings. The summed E-state index contributed by atoms with van der Waals surface area (Å²) in [5, 5.41) is 18.8. The van der Waals surface area contributed by atoms with Gasteiger partial charge >= 0.3 is 6.09 Å². The highest BCUT2D eigenvalue weighted by atomic mass is 28.4. The van der Waals surface area contributed by atoms with E-state index in [-0.39, 0.29) is 34.7 Å². The normalized spacial score (nSPS) is 24.7. The number of aliphatic hydroxyl groups is 1. The maximum absolute atomic E-state index is 13.9. The smallest absolute Gasteiger partial charge is 0.412 e. The lowest BCUT2D eigenvalue weighted by Crippen LogP contribution is -2.71. The zero-order valence-corrected chi connectivity index (χ0v) is 49.4. The van der Waals surface area contributed by atoms with Crippen LogP contribution in [-0.2, 0) is 31.9 Å². The van der Waals surface area contributed by atoms with E-state index < -0.39 is 93.0 Å². The monoisotopic (exact) mass is 1010 g/mol. The zero-order valence-electron chi connectivity index (χ0n) is 45.4. The Morgan fingerprint density at radius 1 is 0.824 bits per heavy atom. The summed E-state index contributed by atoms with van der Waals surface area (Å²) in [6, 6.07) is 18.8. The largest absolute Gasteiger partial charge is 0.444 e. The molecule has 0 saturated carbocycles. The van der Waals surface area contributed by atoms with E-state index in [2.05, 4.69) is 154 Å². The summed E-state index contributed by atoms with van der Waals surface area (Å²) in [7, 11) is -10.9. The minimum absolute atomic E-state index is 0.00237. The van der Waals surface area contributed by atoms with Crippen LogP contribution in [0.25, 0.3) is 10.4 Å². The Hall–Kier alpha value is -2.83. The van der Waals surface area contributed by atoms with Gasteiger partial charge in [-0.3, -0.25) is 4.90 Å². The Balaban J connectivity index is 1.99. The number of azide groups is 1. The second kappa shape index (κ2) is 20.7. The lowest BCUT2D eigenvalue weighted by Gasteiger charge is -2.54. The Kier molecular flexibility index (Phi) is 17.6. The van der Waals surface area contributed by atoms with Crippen molar-refractivity contribution in [1.82, 2.24) is 4.90 Å². The standard InChI is InChI=1S/C51H86N4O9Si4/c1-46(2,3)61-45(56)55-39(35-58-50(55,13)14)40(62-65(15,16)17)33-28-34-51(57)44(53-54-52)43(64-67(20,21)48(7,8)9)42(63-66(18,19)47(4,5)6)41(60-51)36-59-68(49(10,11)12,37-29-24-22-25-30-37)38-31-26-23-27-32-38/h22-27,29-32,39-44,57H,33,35-36H2,1-21H3/t39-,40-,41-,42+,43+,44-,51+/m1/s1. The van der Waals surface area contributed by atoms with Gasteiger partial charge in [0, 0.05) is 11.3 Å². The number of rotatable bonds is 14. The van der Waals surface area contributed by atoms with Gasteiger partial charge in [-0.05, 0) is 117 Å². The number of hydrogen-bond donors (Lipinski definition) is 1. The number of ether oxygens (including phenoxy) is 3. The summed E-state index contributed by atoms with van der Waals surface area (Å²) in [5.74, 6) is 3.94. The third kappa shape index (κ3) is 13.4. The first-order chi connectivity index (χ1) is 30.8. The summed E-state index contributed by atoms with van der Waals surface area (Å²) >= 11 is 0. The number of benzene rings is 2. The van der Waals surface area contributed by atoms with Gasteiger partial charge < -0.3 is 37.0 Å². The lowest BCUT2D eigenvalue weighted by atomic mass is 9.91. The molecule has 0 unspecified atom stereocenters. The molecule has 2 saturated heterocycles. The van der Waals surface area contributed by atoms with Crippen LogP contribution in [0.5, 0.6) is 0 Å². The third-order valence-electron chi connectivity index (χ3n) is 13.9. The van der Waals surface area contributed by atoms with E-state index >= 15 is 0 Å². The molecule has 0 radical (unpaired) electrons. The van der Waals surface area contributed by atoms with Crippen LogP contribution in [0.4, 0.5) is 4.79 Å². The van der Waals surface area contributed by atoms with Crippen molar-refractivity contribution in [1.29, 1.82) is 0 Å². The topological polar surface area (TPSA) is 154 Å². The molecular formula is C51H86N4O9Si4. The molecule has 1 N–H and O–H groups in total. The fraction of sp³-hybridized carbons (Fsp3) is 0.706. The van der Waals surface area contributed by atoms with Gasteiger partial charge in [-0.1, -0.05) is 134 Å². The number of nitrogens with zero attached hydrogens (tertiary/aromatic N) is 4. The van der Waals surface area contributed by atoms with Crippen LogP contribution in [0.1, 0.15) is 103 Å². The molecule has 2 aliphatic heterocycles. The van der Waals surface area contributed by atoms with Crippen molar-refractivity contribution in [2.45, 2.75) is 218 Å². The van der Waals surface area contributed by atoms with Gasteiger partial charge in [0.25, 0.3) is 8.32 Å². The molecule has 68 heavy (non-hydrogen) atoms. The Morgan fingerprint density at radius 3 is 1.74 bits per heavy atom. The van der Waals surface area contributed by atoms with Crippen molar-refractivity contribution in [3.05, 3.63) is 71.1 Å². The average molecular weight is 1010 g/mol. The predicted molar refractivity (Wildman–Crippen MR) is 283 cm³/mol. The molecule has 2 aliphatic rings. The number of carbonyl (C=O) groups is 1. The first-order valence-electron chi connectivity index (χ1n) is 24.2. The van der Waals surface area contributed by atoms with Gasteiger partial charge in [-0.25, -0.2) is 4.79 Å². The molecule has 2 aromatic carbocycles. The second-order valence-electron chi connectivity index (χ2n) is 25.1. The molecular weight excluding hydrogens is 925 g/mol. The van der Waals surface area contributed by atoms with Crippen LogP contribution < -0.4 is 10.4 Å². The van der Waals surface area contributed by atoms with Gasteiger partial charge in [0.15, 0.2) is 25.0 Å². The van der Waals surface area contributed by atoms with Gasteiger partial charge in [0.05, 0.1) is 37.6 Å². The molecule has 0 bridgehead atoms. The van der Waals surface area contributed by atoms with E-state index in [1.807, 2.05) is 71.0 Å². The minimum atomic E-state index is -3.18. The van der Waals surface area contributed by atoms with Crippen molar-refractivity contribution in [3.8, 4) is 11.8 Å². The fourth-order valence-corrected chi connectivity index (χ4v) is 16.8. The van der Waals surface area contributed by atoms with Crippen LogP contribution >= 0.6 is 0 Å². The van der Waals surface area contributed by atoms with Crippen molar-refractivity contribution in [2.24, 2.45) is 5.11 Å².